The summed E-state index contributed by atoms with van der Waals surface area (Å²) in [6.07, 6.45) is 2.41. The van der Waals surface area contributed by atoms with E-state index in [1.165, 1.54) is 5.56 Å². The molecule has 0 spiro atoms. The van der Waals surface area contributed by atoms with Crippen molar-refractivity contribution in [3.05, 3.63) is 59.5 Å². The second-order valence-corrected chi connectivity index (χ2v) is 3.74. The minimum absolute atomic E-state index is 0.311. The highest BCUT2D eigenvalue weighted by molar-refractivity contribution is 7.80. The highest BCUT2D eigenvalue weighted by Gasteiger charge is 2.08. The molecule has 0 atom stereocenters. The van der Waals surface area contributed by atoms with Crippen LogP contribution < -0.4 is 5.73 Å². The molecule has 1 heterocycles. The van der Waals surface area contributed by atoms with Gasteiger partial charge in [-0.05, 0) is 11.6 Å². The fourth-order valence-corrected chi connectivity index (χ4v) is 1.69. The lowest BCUT2D eigenvalue weighted by molar-refractivity contribution is 0.555. The molecule has 2 nitrogen and oxygen atoms in total. The Hall–Kier alpha value is -1.61. The number of furan rings is 1. The molecular weight excluding hydrogens is 206 g/mol. The van der Waals surface area contributed by atoms with Gasteiger partial charge in [-0.2, -0.15) is 0 Å². The number of hydrogen-bond donors (Lipinski definition) is 1. The van der Waals surface area contributed by atoms with Gasteiger partial charge in [0.15, 0.2) is 5.76 Å². The van der Waals surface area contributed by atoms with Crippen LogP contribution in [0.3, 0.4) is 0 Å². The molecule has 2 aromatic rings. The molecule has 0 amide bonds. The van der Waals surface area contributed by atoms with Crippen LogP contribution in [0.1, 0.15) is 16.9 Å². The monoisotopic (exact) mass is 217 g/mol. The second-order valence-electron chi connectivity index (χ2n) is 3.30. The predicted molar refractivity (Wildman–Crippen MR) is 63.8 cm³/mol. The van der Waals surface area contributed by atoms with E-state index in [-0.39, 0.29) is 0 Å². The SMILES string of the molecule is NC(=S)c1occc1Cc1ccccc1. The predicted octanol–water partition coefficient (Wildman–Crippen LogP) is 2.50. The molecule has 0 saturated heterocycles. The summed E-state index contributed by atoms with van der Waals surface area (Å²) in [7, 11) is 0. The molecule has 0 aliphatic heterocycles. The first kappa shape index (κ1) is 9.93. The topological polar surface area (TPSA) is 39.2 Å². The molecular formula is C12H11NOS. The normalized spacial score (nSPS) is 10.1. The van der Waals surface area contributed by atoms with Gasteiger partial charge in [0.1, 0.15) is 4.99 Å². The molecule has 3 heteroatoms. The smallest absolute Gasteiger partial charge is 0.164 e. The van der Waals surface area contributed by atoms with E-state index in [9.17, 15) is 0 Å². The van der Waals surface area contributed by atoms with Crippen LogP contribution in [-0.4, -0.2) is 4.99 Å². The van der Waals surface area contributed by atoms with Crippen LogP contribution in [0, 0.1) is 0 Å². The quantitative estimate of drug-likeness (QED) is 0.803. The van der Waals surface area contributed by atoms with Crippen molar-refractivity contribution >= 4 is 17.2 Å². The largest absolute Gasteiger partial charge is 0.462 e. The fourth-order valence-electron chi connectivity index (χ4n) is 1.51. The Kier molecular flexibility index (Phi) is 2.83. The van der Waals surface area contributed by atoms with Crippen LogP contribution in [-0.2, 0) is 6.42 Å². The van der Waals surface area contributed by atoms with Gasteiger partial charge in [0.2, 0.25) is 0 Å². The van der Waals surface area contributed by atoms with Gasteiger partial charge in [-0.1, -0.05) is 42.5 Å². The van der Waals surface area contributed by atoms with Gasteiger partial charge in [0, 0.05) is 12.0 Å². The molecule has 15 heavy (non-hydrogen) atoms. The van der Waals surface area contributed by atoms with E-state index in [4.69, 9.17) is 22.4 Å². The standard InChI is InChI=1S/C12H11NOS/c13-12(15)11-10(6-7-14-11)8-9-4-2-1-3-5-9/h1-7H,8H2,(H2,13,15). The second kappa shape index (κ2) is 4.28. The molecule has 0 saturated carbocycles. The molecule has 2 N–H and O–H groups in total. The van der Waals surface area contributed by atoms with Crippen molar-refractivity contribution in [2.45, 2.75) is 6.42 Å². The van der Waals surface area contributed by atoms with E-state index in [0.717, 1.165) is 12.0 Å². The Balaban J connectivity index is 2.25. The highest BCUT2D eigenvalue weighted by atomic mass is 32.1. The van der Waals surface area contributed by atoms with Gasteiger partial charge in [-0.3, -0.25) is 0 Å². The van der Waals surface area contributed by atoms with E-state index >= 15 is 0 Å². The molecule has 2 rings (SSSR count). The first-order valence-corrected chi connectivity index (χ1v) is 5.08. The van der Waals surface area contributed by atoms with Crippen LogP contribution in [0.15, 0.2) is 47.1 Å². The summed E-state index contributed by atoms with van der Waals surface area (Å²) in [6, 6.07) is 12.0. The van der Waals surface area contributed by atoms with Crippen LogP contribution in [0.2, 0.25) is 0 Å². The summed E-state index contributed by atoms with van der Waals surface area (Å²) in [5.74, 6) is 0.619. The van der Waals surface area contributed by atoms with Crippen molar-refractivity contribution in [3.8, 4) is 0 Å². The number of hydrogen-bond acceptors (Lipinski definition) is 2. The first-order chi connectivity index (χ1) is 7.27. The number of benzene rings is 1. The number of thiocarbonyl (C=S) groups is 1. The van der Waals surface area contributed by atoms with Crippen molar-refractivity contribution in [2.24, 2.45) is 5.73 Å². The van der Waals surface area contributed by atoms with Crippen LogP contribution >= 0.6 is 12.2 Å². The van der Waals surface area contributed by atoms with Crippen molar-refractivity contribution in [1.29, 1.82) is 0 Å². The third kappa shape index (κ3) is 2.25. The summed E-state index contributed by atoms with van der Waals surface area (Å²) >= 11 is 4.90. The molecule has 0 aliphatic rings. The summed E-state index contributed by atoms with van der Waals surface area (Å²) in [5.41, 5.74) is 7.81. The molecule has 0 aliphatic carbocycles. The maximum absolute atomic E-state index is 5.55. The minimum Gasteiger partial charge on any atom is -0.462 e. The van der Waals surface area contributed by atoms with E-state index in [1.807, 2.05) is 24.3 Å². The van der Waals surface area contributed by atoms with Gasteiger partial charge in [0.25, 0.3) is 0 Å². The molecule has 1 aromatic carbocycles. The van der Waals surface area contributed by atoms with Gasteiger partial charge in [-0.15, -0.1) is 0 Å². The average molecular weight is 217 g/mol. The Bertz CT molecular complexity index is 461. The van der Waals surface area contributed by atoms with Crippen LogP contribution in [0.25, 0.3) is 0 Å². The number of rotatable bonds is 3. The van der Waals surface area contributed by atoms with E-state index in [1.54, 1.807) is 6.26 Å². The average Bonchev–Trinajstić information content (AvgIpc) is 2.67. The molecule has 76 valence electrons. The molecule has 1 aromatic heterocycles. The fraction of sp³-hybridized carbons (Fsp3) is 0.0833. The Morgan fingerprint density at radius 2 is 1.93 bits per heavy atom. The lowest BCUT2D eigenvalue weighted by Crippen LogP contribution is -2.10. The van der Waals surface area contributed by atoms with Gasteiger partial charge >= 0.3 is 0 Å². The van der Waals surface area contributed by atoms with Crippen molar-refractivity contribution in [3.63, 3.8) is 0 Å². The summed E-state index contributed by atoms with van der Waals surface area (Å²) in [5, 5.41) is 0. The van der Waals surface area contributed by atoms with Crippen LogP contribution in [0.5, 0.6) is 0 Å². The zero-order valence-corrected chi connectivity index (χ0v) is 8.96. The molecule has 0 fully saturated rings. The summed E-state index contributed by atoms with van der Waals surface area (Å²) in [4.78, 5) is 0.311. The molecule has 0 unspecified atom stereocenters. The minimum atomic E-state index is 0.311. The van der Waals surface area contributed by atoms with Crippen molar-refractivity contribution < 1.29 is 4.42 Å². The van der Waals surface area contributed by atoms with Crippen molar-refractivity contribution in [2.75, 3.05) is 0 Å². The maximum atomic E-state index is 5.55. The first-order valence-electron chi connectivity index (χ1n) is 4.67. The van der Waals surface area contributed by atoms with Gasteiger partial charge in [0.05, 0.1) is 6.26 Å². The van der Waals surface area contributed by atoms with E-state index in [2.05, 4.69) is 12.1 Å². The highest BCUT2D eigenvalue weighted by Crippen LogP contribution is 2.15. The Labute approximate surface area is 93.7 Å². The van der Waals surface area contributed by atoms with E-state index in [0.29, 0.717) is 10.7 Å². The molecule has 0 radical (unpaired) electrons. The van der Waals surface area contributed by atoms with Crippen molar-refractivity contribution in [1.82, 2.24) is 0 Å². The molecule has 0 bridgehead atoms. The lowest BCUT2D eigenvalue weighted by atomic mass is 10.1. The lowest BCUT2D eigenvalue weighted by Gasteiger charge is -2.00. The zero-order chi connectivity index (χ0) is 10.7. The summed E-state index contributed by atoms with van der Waals surface area (Å²) in [6.45, 7) is 0. The number of nitrogens with two attached hydrogens (primary N) is 1. The van der Waals surface area contributed by atoms with Crippen LogP contribution in [0.4, 0.5) is 0 Å². The third-order valence-electron chi connectivity index (χ3n) is 2.21. The third-order valence-corrected chi connectivity index (χ3v) is 2.39. The Morgan fingerprint density at radius 1 is 1.20 bits per heavy atom. The van der Waals surface area contributed by atoms with E-state index < -0.39 is 0 Å². The maximum Gasteiger partial charge on any atom is 0.164 e. The Morgan fingerprint density at radius 3 is 2.60 bits per heavy atom. The zero-order valence-electron chi connectivity index (χ0n) is 8.14. The summed E-state index contributed by atoms with van der Waals surface area (Å²) < 4.78 is 5.23. The van der Waals surface area contributed by atoms with Gasteiger partial charge < -0.3 is 10.2 Å². The van der Waals surface area contributed by atoms with Gasteiger partial charge in [-0.25, -0.2) is 0 Å².